The van der Waals surface area contributed by atoms with E-state index in [-0.39, 0.29) is 17.2 Å². The summed E-state index contributed by atoms with van der Waals surface area (Å²) in [5.41, 5.74) is 2.29. The van der Waals surface area contributed by atoms with E-state index in [4.69, 9.17) is 4.42 Å². The molecule has 3 aromatic rings. The molecule has 2 aromatic carbocycles. The first-order chi connectivity index (χ1) is 13.1. The number of thioether (sulfide) groups is 1. The first-order valence-corrected chi connectivity index (χ1v) is 9.55. The van der Waals surface area contributed by atoms with E-state index < -0.39 is 11.7 Å². The molecule has 2 amide bonds. The second-order valence-electron chi connectivity index (χ2n) is 6.50. The summed E-state index contributed by atoms with van der Waals surface area (Å²) in [6, 6.07) is 15.1. The van der Waals surface area contributed by atoms with E-state index in [0.29, 0.717) is 22.6 Å². The van der Waals surface area contributed by atoms with Crippen molar-refractivity contribution in [2.75, 3.05) is 11.1 Å². The van der Waals surface area contributed by atoms with Crippen molar-refractivity contribution in [1.82, 2.24) is 4.90 Å². The van der Waals surface area contributed by atoms with E-state index in [0.717, 1.165) is 10.9 Å². The van der Waals surface area contributed by atoms with Crippen LogP contribution in [0.5, 0.6) is 0 Å². The van der Waals surface area contributed by atoms with Crippen molar-refractivity contribution in [3.63, 3.8) is 0 Å². The molecule has 5 rings (SSSR count). The van der Waals surface area contributed by atoms with Gasteiger partial charge in [-0.15, -0.1) is 11.8 Å². The Balaban J connectivity index is 1.40. The molecule has 27 heavy (non-hydrogen) atoms. The van der Waals surface area contributed by atoms with Crippen LogP contribution in [-0.2, 0) is 4.79 Å². The fourth-order valence-electron chi connectivity index (χ4n) is 3.62. The Morgan fingerprint density at radius 1 is 1.11 bits per heavy atom. The fourth-order valence-corrected chi connectivity index (χ4v) is 5.08. The highest BCUT2D eigenvalue weighted by molar-refractivity contribution is 7.99. The lowest BCUT2D eigenvalue weighted by atomic mass is 10.1. The normalized spacial score (nSPS) is 20.6. The van der Waals surface area contributed by atoms with Gasteiger partial charge in [0, 0.05) is 28.5 Å². The van der Waals surface area contributed by atoms with Gasteiger partial charge in [-0.3, -0.25) is 9.59 Å². The van der Waals surface area contributed by atoms with Crippen molar-refractivity contribution in [1.29, 1.82) is 0 Å². The van der Waals surface area contributed by atoms with Crippen molar-refractivity contribution in [2.24, 2.45) is 0 Å². The molecule has 1 N–H and O–H groups in total. The topological polar surface area (TPSA) is 79.6 Å². The minimum Gasteiger partial charge on any atom is -0.423 e. The van der Waals surface area contributed by atoms with Gasteiger partial charge in [0.05, 0.1) is 0 Å². The van der Waals surface area contributed by atoms with Gasteiger partial charge in [-0.2, -0.15) is 0 Å². The SMILES string of the molecule is O=C(Nc1ccc2oc(=O)ccc2c1)C1CSC2c3ccccc3C(=O)N12. The monoisotopic (exact) mass is 378 g/mol. The van der Waals surface area contributed by atoms with Gasteiger partial charge in [-0.1, -0.05) is 18.2 Å². The van der Waals surface area contributed by atoms with Crippen LogP contribution in [-0.4, -0.2) is 28.5 Å². The molecule has 6 nitrogen and oxygen atoms in total. The molecule has 2 aliphatic heterocycles. The number of carbonyl (C=O) groups is 2. The number of anilines is 1. The van der Waals surface area contributed by atoms with Gasteiger partial charge in [0.1, 0.15) is 17.0 Å². The quantitative estimate of drug-likeness (QED) is 0.694. The van der Waals surface area contributed by atoms with Gasteiger partial charge in [0.15, 0.2) is 0 Å². The lowest BCUT2D eigenvalue weighted by molar-refractivity contribution is -0.119. The second-order valence-corrected chi connectivity index (χ2v) is 7.61. The van der Waals surface area contributed by atoms with E-state index >= 15 is 0 Å². The average molecular weight is 378 g/mol. The second kappa shape index (κ2) is 5.99. The maximum Gasteiger partial charge on any atom is 0.336 e. The number of hydrogen-bond acceptors (Lipinski definition) is 5. The molecular weight excluding hydrogens is 364 g/mol. The van der Waals surface area contributed by atoms with E-state index in [1.807, 2.05) is 24.3 Å². The van der Waals surface area contributed by atoms with Gasteiger partial charge in [-0.05, 0) is 35.9 Å². The molecular formula is C20H14N2O4S. The Kier molecular flexibility index (Phi) is 3.58. The summed E-state index contributed by atoms with van der Waals surface area (Å²) >= 11 is 1.61. The third-order valence-electron chi connectivity index (χ3n) is 4.88. The number of hydrogen-bond donors (Lipinski definition) is 1. The number of benzene rings is 2. The number of rotatable bonds is 2. The maximum atomic E-state index is 12.9. The van der Waals surface area contributed by atoms with Crippen LogP contribution in [0.15, 0.2) is 63.8 Å². The minimum absolute atomic E-state index is 0.0963. The highest BCUT2D eigenvalue weighted by Gasteiger charge is 2.48. The third kappa shape index (κ3) is 2.54. The first-order valence-electron chi connectivity index (χ1n) is 8.50. The molecule has 2 unspecified atom stereocenters. The van der Waals surface area contributed by atoms with E-state index in [9.17, 15) is 14.4 Å². The van der Waals surface area contributed by atoms with Crippen LogP contribution in [0.25, 0.3) is 11.0 Å². The summed E-state index contributed by atoms with van der Waals surface area (Å²) in [5.74, 6) is 0.239. The average Bonchev–Trinajstić information content (AvgIpc) is 3.23. The van der Waals surface area contributed by atoms with E-state index in [2.05, 4.69) is 5.32 Å². The number of nitrogens with zero attached hydrogens (tertiary/aromatic N) is 1. The Morgan fingerprint density at radius 3 is 2.85 bits per heavy atom. The smallest absolute Gasteiger partial charge is 0.336 e. The number of fused-ring (bicyclic) bond motifs is 4. The molecule has 7 heteroatoms. The highest BCUT2D eigenvalue weighted by atomic mass is 32.2. The Morgan fingerprint density at radius 2 is 1.96 bits per heavy atom. The summed E-state index contributed by atoms with van der Waals surface area (Å²) in [4.78, 5) is 38.5. The molecule has 0 saturated carbocycles. The van der Waals surface area contributed by atoms with Crippen molar-refractivity contribution in [3.8, 4) is 0 Å². The molecule has 134 valence electrons. The summed E-state index contributed by atoms with van der Waals surface area (Å²) in [6.07, 6.45) is 0. The molecule has 2 aliphatic rings. The minimum atomic E-state index is -0.524. The Labute approximate surface area is 158 Å². The summed E-state index contributed by atoms with van der Waals surface area (Å²) in [5, 5.41) is 3.50. The fraction of sp³-hybridized carbons (Fsp3) is 0.150. The van der Waals surface area contributed by atoms with Crippen LogP contribution in [0.2, 0.25) is 0 Å². The molecule has 0 spiro atoms. The van der Waals surface area contributed by atoms with Crippen LogP contribution in [0.1, 0.15) is 21.3 Å². The number of nitrogens with one attached hydrogen (secondary N) is 1. The van der Waals surface area contributed by atoms with Crippen molar-refractivity contribution >= 4 is 40.2 Å². The van der Waals surface area contributed by atoms with Crippen molar-refractivity contribution in [3.05, 3.63) is 76.1 Å². The molecule has 2 atom stereocenters. The molecule has 0 radical (unpaired) electrons. The first kappa shape index (κ1) is 16.1. The predicted octanol–water partition coefficient (Wildman–Crippen LogP) is 3.00. The van der Waals surface area contributed by atoms with Gasteiger partial charge in [0.2, 0.25) is 5.91 Å². The van der Waals surface area contributed by atoms with Crippen molar-refractivity contribution < 1.29 is 14.0 Å². The van der Waals surface area contributed by atoms with Gasteiger partial charge in [-0.25, -0.2) is 4.79 Å². The summed E-state index contributed by atoms with van der Waals surface area (Å²) in [6.45, 7) is 0. The van der Waals surface area contributed by atoms with Gasteiger partial charge < -0.3 is 14.6 Å². The van der Waals surface area contributed by atoms with Crippen LogP contribution in [0, 0.1) is 0 Å². The molecule has 0 aliphatic carbocycles. The molecule has 1 aromatic heterocycles. The highest BCUT2D eigenvalue weighted by Crippen LogP contribution is 2.48. The van der Waals surface area contributed by atoms with Crippen LogP contribution >= 0.6 is 11.8 Å². The number of amides is 2. The van der Waals surface area contributed by atoms with Crippen LogP contribution in [0.3, 0.4) is 0 Å². The number of carbonyl (C=O) groups excluding carboxylic acids is 2. The predicted molar refractivity (Wildman–Crippen MR) is 103 cm³/mol. The standard InChI is InChI=1S/C20H14N2O4S/c23-17-8-5-11-9-12(6-7-16(11)26-17)21-18(24)15-10-27-20-14-4-2-1-3-13(14)19(25)22(15)20/h1-9,15,20H,10H2,(H,21,24). The molecule has 1 saturated heterocycles. The Bertz CT molecular complexity index is 1160. The zero-order chi connectivity index (χ0) is 18.5. The maximum absolute atomic E-state index is 12.9. The zero-order valence-electron chi connectivity index (χ0n) is 14.0. The lowest BCUT2D eigenvalue weighted by Crippen LogP contribution is -2.42. The largest absolute Gasteiger partial charge is 0.423 e. The summed E-state index contributed by atoms with van der Waals surface area (Å²) in [7, 11) is 0. The molecule has 0 bridgehead atoms. The van der Waals surface area contributed by atoms with E-state index in [1.165, 1.54) is 6.07 Å². The lowest BCUT2D eigenvalue weighted by Gasteiger charge is -2.22. The molecule has 1 fully saturated rings. The summed E-state index contributed by atoms with van der Waals surface area (Å²) < 4.78 is 5.10. The molecule has 3 heterocycles. The van der Waals surface area contributed by atoms with E-state index in [1.54, 1.807) is 40.9 Å². The van der Waals surface area contributed by atoms with Crippen molar-refractivity contribution in [2.45, 2.75) is 11.4 Å². The third-order valence-corrected chi connectivity index (χ3v) is 6.19. The van der Waals surface area contributed by atoms with Gasteiger partial charge in [0.25, 0.3) is 5.91 Å². The van der Waals surface area contributed by atoms with Gasteiger partial charge >= 0.3 is 5.63 Å². The zero-order valence-corrected chi connectivity index (χ0v) is 14.9. The van der Waals surface area contributed by atoms with Crippen LogP contribution < -0.4 is 10.9 Å². The van der Waals surface area contributed by atoms with Crippen LogP contribution in [0.4, 0.5) is 5.69 Å². The Hall–Kier alpha value is -3.06.